The van der Waals surface area contributed by atoms with E-state index in [1.807, 2.05) is 146 Å². The van der Waals surface area contributed by atoms with Gasteiger partial charge in [0, 0.05) is 114 Å². The standard InChI is InChI=1S/2C15H12N2O.2C12H11NO2.2C11H10N2O2.3C3H7NO.3CH5N.2CH4.B.FH.H2/c2*18-14-15(12-6-3-7-16-13(12)17-14)8-10-4-1-2-5-11(10)9-15;2*14-10-7-12(11(15)13-10)5-8-3-1-2-4-9(8)6-12;2*14-9-11(13-10(15)12-9)5-7-3-1-2-4-8(7)6-11;3*1-3(5)4-2;3*1-2;;;;;/h2*1-7H,8-9H2,(H,16,17,18);2*1-4H,5-7H2,(H,13,14,15);2*1-4H,5-6H2,(H2,12,13,14,15);3*1-2H3,(H,4,5);3*2H2,1H3;2*1H4;;2*1H/i;;;;;;;;;;;;;;;;1+1. The summed E-state index contributed by atoms with van der Waals surface area (Å²) in [6.07, 6.45) is 12.5. The quantitative estimate of drug-likeness (QED) is 0.0486. The average Bonchev–Trinajstić information content (AvgIpc) is 1.55. The van der Waals surface area contributed by atoms with E-state index in [9.17, 15) is 62.3 Å². The topological polar surface area (TPSA) is 458 Å². The van der Waals surface area contributed by atoms with Crippen LogP contribution in [0.4, 0.5) is 25.9 Å². The predicted molar refractivity (Wildman–Crippen MR) is 465 cm³/mol. The maximum atomic E-state index is 12.4. The van der Waals surface area contributed by atoms with Crippen molar-refractivity contribution in [3.8, 4) is 0 Å². The number of anilines is 2. The summed E-state index contributed by atoms with van der Waals surface area (Å²) in [6.45, 7) is 4.42. The number of nitrogens with two attached hydrogens (primary N) is 3. The third-order valence-electron chi connectivity index (χ3n) is 22.3. The Bertz CT molecular complexity index is 4500. The van der Waals surface area contributed by atoms with Gasteiger partial charge in [-0.1, -0.05) is 173 Å². The Labute approximate surface area is 708 Å². The molecule has 0 bridgehead atoms. The van der Waals surface area contributed by atoms with E-state index in [4.69, 9.17) is 0 Å². The molecule has 641 valence electrons. The van der Waals surface area contributed by atoms with Gasteiger partial charge in [-0.3, -0.25) is 78.7 Å². The van der Waals surface area contributed by atoms with Gasteiger partial charge in [-0.25, -0.2) is 19.6 Å². The van der Waals surface area contributed by atoms with Gasteiger partial charge in [-0.05, 0) is 151 Å². The lowest BCUT2D eigenvalue weighted by Crippen LogP contribution is -2.47. The molecule has 3 radical (unpaired) electrons. The zero-order chi connectivity index (χ0) is 85.0. The number of hydrogen-bond donors (Lipinski definition) is 14. The molecule has 8 aromatic rings. The molecule has 12 aliphatic rings. The van der Waals surface area contributed by atoms with Crippen LogP contribution < -0.4 is 75.7 Å². The van der Waals surface area contributed by atoms with E-state index >= 15 is 0 Å². The van der Waals surface area contributed by atoms with E-state index in [1.165, 1.54) is 86.4 Å². The molecule has 29 nitrogen and oxygen atoms in total. The maximum Gasteiger partial charge on any atom is 0.322 e. The number of carbonyl (C=O) groups excluding carboxylic acids is 13. The van der Waals surface area contributed by atoms with Crippen LogP contribution in [0.1, 0.15) is 128 Å². The molecule has 8 heterocycles. The number of nitrogens with one attached hydrogen (secondary N) is 11. The van der Waals surface area contributed by atoms with Crippen molar-refractivity contribution in [1.82, 2.24) is 57.8 Å². The lowest BCUT2D eigenvalue weighted by atomic mass is 9.79. The van der Waals surface area contributed by atoms with E-state index in [-0.39, 0.29) is 106 Å². The van der Waals surface area contributed by atoms with E-state index in [0.717, 1.165) is 70.7 Å². The highest BCUT2D eigenvalue weighted by atomic mass is 19.0. The molecule has 121 heavy (non-hydrogen) atoms. The van der Waals surface area contributed by atoms with Gasteiger partial charge in [0.15, 0.2) is 0 Å². The highest BCUT2D eigenvalue weighted by Gasteiger charge is 2.55. The third-order valence-corrected chi connectivity index (χ3v) is 22.3. The molecule has 15 amide bonds. The van der Waals surface area contributed by atoms with Crippen molar-refractivity contribution < 1.29 is 68.5 Å². The Kier molecular flexibility index (Phi) is 35.1. The lowest BCUT2D eigenvalue weighted by Gasteiger charge is -2.20. The van der Waals surface area contributed by atoms with Gasteiger partial charge in [0.2, 0.25) is 53.2 Å². The highest BCUT2D eigenvalue weighted by Crippen LogP contribution is 2.49. The summed E-state index contributed by atoms with van der Waals surface area (Å²) in [4.78, 5) is 154. The van der Waals surface area contributed by atoms with Crippen molar-refractivity contribution in [2.24, 2.45) is 28.0 Å². The summed E-state index contributed by atoms with van der Waals surface area (Å²) in [5.74, 6) is 0.797. The van der Waals surface area contributed by atoms with Crippen molar-refractivity contribution >= 4 is 97.1 Å². The Hall–Kier alpha value is -13.0. The number of imide groups is 4. The monoisotopic (exact) mass is 1660 g/mol. The van der Waals surface area contributed by atoms with Gasteiger partial charge in [0.05, 0.1) is 21.7 Å². The number of benzene rings is 6. The van der Waals surface area contributed by atoms with Gasteiger partial charge in [-0.15, -0.1) is 0 Å². The molecule has 6 aliphatic heterocycles. The Morgan fingerprint density at radius 3 is 0.719 bits per heavy atom. The van der Waals surface area contributed by atoms with Crippen molar-refractivity contribution in [1.29, 1.82) is 0 Å². The molecule has 4 saturated heterocycles. The molecular formula is C90H113BFN16O13. The first kappa shape index (κ1) is 98.6. The summed E-state index contributed by atoms with van der Waals surface area (Å²) in [5.41, 5.74) is 26.9. The molecule has 0 saturated carbocycles. The SMILES string of the molecule is C.C.CN.CN.CN.CNC(C)=O.CNC(C)=O.CNC(C)=O.F.O=C1CC2(Cc3ccccc3C2)C(=O)N1.O=C1CC2(Cc3ccccc3C2)C(=O)N1.O=C1NC(=O)C2(Cc3ccccc3C2)N1.O=C1NC(=O)C2(Cc3ccccc3C2)N1.O=C1Nc2ncccc2C12Cc1ccccc1C2.O=C1Nc2ncccc2C12Cc1ccccc1C2.[2HH].[B]. The third kappa shape index (κ3) is 21.7. The summed E-state index contributed by atoms with van der Waals surface area (Å²) in [6, 6.07) is 55.6. The summed E-state index contributed by atoms with van der Waals surface area (Å²) in [5, 5.41) is 27.9. The van der Waals surface area contributed by atoms with Crippen molar-refractivity contribution in [2.45, 2.75) is 147 Å². The average molecular weight is 1660 g/mol. The minimum Gasteiger partial charge on any atom is -0.359 e. The van der Waals surface area contributed by atoms with E-state index in [2.05, 4.69) is 110 Å². The van der Waals surface area contributed by atoms with Crippen molar-refractivity contribution in [2.75, 3.05) is 52.9 Å². The molecule has 20 rings (SSSR count). The van der Waals surface area contributed by atoms with E-state index < -0.39 is 32.7 Å². The predicted octanol–water partition coefficient (Wildman–Crippen LogP) is 5.78. The maximum absolute atomic E-state index is 12.4. The van der Waals surface area contributed by atoms with Gasteiger partial charge in [-0.2, -0.15) is 0 Å². The molecule has 0 atom stereocenters. The summed E-state index contributed by atoms with van der Waals surface area (Å²) < 4.78 is 0. The van der Waals surface area contributed by atoms with Crippen LogP contribution in [0.2, 0.25) is 0 Å². The molecule has 31 heteroatoms. The number of rotatable bonds is 0. The fourth-order valence-electron chi connectivity index (χ4n) is 16.5. The van der Waals surface area contributed by atoms with Crippen LogP contribution in [0.15, 0.2) is 182 Å². The van der Waals surface area contributed by atoms with Crippen LogP contribution in [0, 0.1) is 10.8 Å². The molecule has 2 aromatic heterocycles. The van der Waals surface area contributed by atoms with Crippen LogP contribution in [0.25, 0.3) is 0 Å². The molecule has 4 fully saturated rings. The van der Waals surface area contributed by atoms with Crippen LogP contribution in [0.5, 0.6) is 0 Å². The van der Waals surface area contributed by atoms with Crippen LogP contribution in [0.3, 0.4) is 0 Å². The summed E-state index contributed by atoms with van der Waals surface area (Å²) in [7, 11) is 9.30. The molecule has 6 spiro atoms. The molecule has 6 aliphatic carbocycles. The Morgan fingerprint density at radius 1 is 0.314 bits per heavy atom. The van der Waals surface area contributed by atoms with Crippen LogP contribution >= 0.6 is 0 Å². The van der Waals surface area contributed by atoms with E-state index in [1.54, 1.807) is 33.5 Å². The first-order valence-corrected chi connectivity index (χ1v) is 38.4. The lowest BCUT2D eigenvalue weighted by molar-refractivity contribution is -0.129. The normalized spacial score (nSPS) is 17.2. The fraction of sp³-hybridized carbons (Fsp3) is 0.344. The molecule has 6 aromatic carbocycles. The minimum absolute atomic E-state index is 0. The number of pyridine rings is 2. The number of aromatic nitrogens is 2. The molecular weight excluding hydrogens is 1540 g/mol. The number of nitrogens with zero attached hydrogens (tertiary/aromatic N) is 2. The minimum atomic E-state index is -0.721. The summed E-state index contributed by atoms with van der Waals surface area (Å²) >= 11 is 0. The zero-order valence-corrected chi connectivity index (χ0v) is 68.1. The highest BCUT2D eigenvalue weighted by molar-refractivity contribution is 6.10. The van der Waals surface area contributed by atoms with Crippen LogP contribution in [-0.4, -0.2) is 149 Å². The first-order valence-electron chi connectivity index (χ1n) is 38.4. The van der Waals surface area contributed by atoms with Gasteiger partial charge >= 0.3 is 12.1 Å². The first-order chi connectivity index (χ1) is 56.2. The Balaban J connectivity index is 0.000000292. The number of fused-ring (bicyclic) bond motifs is 10. The second-order valence-electron chi connectivity index (χ2n) is 29.7. The van der Waals surface area contributed by atoms with Gasteiger partial charge < -0.3 is 54.4 Å². The van der Waals surface area contributed by atoms with Crippen molar-refractivity contribution in [3.05, 3.63) is 260 Å². The van der Waals surface area contributed by atoms with Crippen LogP contribution in [-0.2, 0) is 141 Å². The Morgan fingerprint density at radius 2 is 0.529 bits per heavy atom. The fourth-order valence-corrected chi connectivity index (χ4v) is 16.5. The van der Waals surface area contributed by atoms with Gasteiger partial charge in [0.1, 0.15) is 22.7 Å². The van der Waals surface area contributed by atoms with Gasteiger partial charge in [0.25, 0.3) is 11.8 Å². The smallest absolute Gasteiger partial charge is 0.322 e. The number of carbonyl (C=O) groups is 13. The number of hydrogen-bond acceptors (Lipinski definition) is 18. The number of urea groups is 2. The largest absolute Gasteiger partial charge is 0.359 e. The number of amides is 15. The number of halogens is 1. The van der Waals surface area contributed by atoms with E-state index in [0.29, 0.717) is 64.2 Å². The van der Waals surface area contributed by atoms with Crippen molar-refractivity contribution in [3.63, 3.8) is 0 Å². The second-order valence-corrected chi connectivity index (χ2v) is 29.7. The molecule has 0 unspecified atom stereocenters. The molecule has 17 N–H and O–H groups in total. The second kappa shape index (κ2) is 43.1. The zero-order valence-electron chi connectivity index (χ0n) is 68.1.